The zero-order valence-electron chi connectivity index (χ0n) is 35.8. The van der Waals surface area contributed by atoms with E-state index in [0.29, 0.717) is 0 Å². The van der Waals surface area contributed by atoms with E-state index in [2.05, 4.69) is 232 Å². The van der Waals surface area contributed by atoms with Crippen molar-refractivity contribution in [3.8, 4) is 66.8 Å². The Bertz CT molecular complexity index is 3680. The molecule has 0 atom stereocenters. The fourth-order valence-electron chi connectivity index (χ4n) is 12.6. The summed E-state index contributed by atoms with van der Waals surface area (Å²) in [6.07, 6.45) is 0. The van der Waals surface area contributed by atoms with Gasteiger partial charge in [0.05, 0.1) is 5.41 Å². The Hall–Kier alpha value is -7.80. The summed E-state index contributed by atoms with van der Waals surface area (Å²) in [6.45, 7) is 4.76. The minimum atomic E-state index is -0.397. The van der Waals surface area contributed by atoms with Gasteiger partial charge in [-0.25, -0.2) is 0 Å². The summed E-state index contributed by atoms with van der Waals surface area (Å²) >= 11 is 0. The number of hydrogen-bond acceptors (Lipinski definition) is 0. The van der Waals surface area contributed by atoms with Crippen LogP contribution in [0.4, 0.5) is 0 Å². The molecule has 0 aliphatic heterocycles. The molecule has 0 heteroatoms. The van der Waals surface area contributed by atoms with Gasteiger partial charge in [0.2, 0.25) is 0 Å². The minimum Gasteiger partial charge on any atom is -0.0619 e. The molecular weight excluding hydrogens is 769 g/mol. The molecule has 64 heavy (non-hydrogen) atoms. The van der Waals surface area contributed by atoms with Crippen molar-refractivity contribution in [2.24, 2.45) is 0 Å². The van der Waals surface area contributed by atoms with Gasteiger partial charge in [0.1, 0.15) is 0 Å². The molecule has 298 valence electrons. The third-order valence-electron chi connectivity index (χ3n) is 15.3. The summed E-state index contributed by atoms with van der Waals surface area (Å²) < 4.78 is 0. The van der Waals surface area contributed by atoms with Crippen LogP contribution >= 0.6 is 0 Å². The van der Waals surface area contributed by atoms with Gasteiger partial charge in [0.15, 0.2) is 0 Å². The highest BCUT2D eigenvalue weighted by Crippen LogP contribution is 2.63. The van der Waals surface area contributed by atoms with Gasteiger partial charge in [-0.15, -0.1) is 0 Å². The van der Waals surface area contributed by atoms with Gasteiger partial charge in [-0.05, 0) is 139 Å². The topological polar surface area (TPSA) is 0 Å². The second-order valence-corrected chi connectivity index (χ2v) is 18.6. The average Bonchev–Trinajstić information content (AvgIpc) is 3.91. The molecule has 0 radical (unpaired) electrons. The fourth-order valence-corrected chi connectivity index (χ4v) is 12.6. The van der Waals surface area contributed by atoms with Crippen LogP contribution in [0.2, 0.25) is 0 Å². The Kier molecular flexibility index (Phi) is 7.20. The normalized spacial score (nSPS) is 14.3. The van der Waals surface area contributed by atoms with E-state index in [4.69, 9.17) is 0 Å². The molecule has 3 aliphatic rings. The molecule has 0 heterocycles. The van der Waals surface area contributed by atoms with Crippen LogP contribution in [0, 0.1) is 0 Å². The highest BCUT2D eigenvalue weighted by molar-refractivity contribution is 6.21. The fraction of sp³-hybridized carbons (Fsp3) is 0.0625. The predicted molar refractivity (Wildman–Crippen MR) is 269 cm³/mol. The van der Waals surface area contributed by atoms with E-state index >= 15 is 0 Å². The molecule has 0 N–H and O–H groups in total. The van der Waals surface area contributed by atoms with Gasteiger partial charge in [-0.3, -0.25) is 0 Å². The molecule has 0 nitrogen and oxygen atoms in total. The number of rotatable bonds is 3. The van der Waals surface area contributed by atoms with Crippen LogP contribution in [0.5, 0.6) is 0 Å². The van der Waals surface area contributed by atoms with Gasteiger partial charge in [0.25, 0.3) is 0 Å². The molecule has 0 aromatic heterocycles. The van der Waals surface area contributed by atoms with Gasteiger partial charge in [0, 0.05) is 5.41 Å². The Morgan fingerprint density at radius 1 is 0.250 bits per heavy atom. The van der Waals surface area contributed by atoms with E-state index in [1.165, 1.54) is 132 Å². The predicted octanol–water partition coefficient (Wildman–Crippen LogP) is 16.8. The second-order valence-electron chi connectivity index (χ2n) is 18.6. The maximum absolute atomic E-state index is 2.54. The lowest BCUT2D eigenvalue weighted by atomic mass is 9.70. The first-order valence-corrected chi connectivity index (χ1v) is 22.7. The van der Waals surface area contributed by atoms with E-state index in [9.17, 15) is 0 Å². The molecule has 1 spiro atoms. The zero-order valence-corrected chi connectivity index (χ0v) is 35.8. The molecule has 11 aromatic rings. The zero-order chi connectivity index (χ0) is 42.3. The van der Waals surface area contributed by atoms with Crippen molar-refractivity contribution >= 4 is 32.3 Å². The molecule has 0 unspecified atom stereocenters. The molecule has 0 fully saturated rings. The van der Waals surface area contributed by atoms with E-state index in [0.717, 1.165) is 0 Å². The van der Waals surface area contributed by atoms with Crippen LogP contribution < -0.4 is 0 Å². The van der Waals surface area contributed by atoms with Gasteiger partial charge in [-0.1, -0.05) is 226 Å². The Morgan fingerprint density at radius 2 is 0.672 bits per heavy atom. The molecule has 0 amide bonds. The SMILES string of the molecule is CC1(C)c2cccc(-c3ccc(-c4c5ccccc5c(-c5ccc6c(c5)C5(c7ccccc7-c7ccccc75)c5ccccc5-6)c5ccccc45)cc3)c2-c2c1ccc1ccccc21. The van der Waals surface area contributed by atoms with Crippen molar-refractivity contribution < 1.29 is 0 Å². The van der Waals surface area contributed by atoms with Crippen LogP contribution in [0.1, 0.15) is 47.2 Å². The highest BCUT2D eigenvalue weighted by atomic mass is 14.5. The van der Waals surface area contributed by atoms with Crippen LogP contribution in [0.15, 0.2) is 218 Å². The first kappa shape index (κ1) is 35.8. The van der Waals surface area contributed by atoms with Gasteiger partial charge < -0.3 is 0 Å². The van der Waals surface area contributed by atoms with Crippen LogP contribution in [-0.2, 0) is 10.8 Å². The number of hydrogen-bond donors (Lipinski definition) is 0. The maximum atomic E-state index is 2.54. The molecule has 14 rings (SSSR count). The molecular formula is C64H42. The molecule has 0 saturated heterocycles. The Morgan fingerprint density at radius 3 is 1.27 bits per heavy atom. The minimum absolute atomic E-state index is 0.0836. The summed E-state index contributed by atoms with van der Waals surface area (Å²) in [7, 11) is 0. The van der Waals surface area contributed by atoms with Crippen molar-refractivity contribution in [2.45, 2.75) is 24.7 Å². The van der Waals surface area contributed by atoms with Gasteiger partial charge in [-0.2, -0.15) is 0 Å². The van der Waals surface area contributed by atoms with Crippen molar-refractivity contribution in [1.82, 2.24) is 0 Å². The molecule has 3 aliphatic carbocycles. The monoisotopic (exact) mass is 810 g/mol. The summed E-state index contributed by atoms with van der Waals surface area (Å²) in [5.41, 5.74) is 23.4. The van der Waals surface area contributed by atoms with Gasteiger partial charge >= 0.3 is 0 Å². The maximum Gasteiger partial charge on any atom is 0.0725 e. The lowest BCUT2D eigenvalue weighted by molar-refractivity contribution is 0.661. The van der Waals surface area contributed by atoms with Crippen LogP contribution in [-0.4, -0.2) is 0 Å². The second kappa shape index (κ2) is 12.9. The lowest BCUT2D eigenvalue weighted by Gasteiger charge is -2.30. The van der Waals surface area contributed by atoms with Crippen molar-refractivity contribution in [3.05, 3.63) is 252 Å². The van der Waals surface area contributed by atoms with E-state index in [1.807, 2.05) is 0 Å². The summed E-state index contributed by atoms with van der Waals surface area (Å²) in [6, 6.07) is 82.6. The number of fused-ring (bicyclic) bond motifs is 17. The highest BCUT2D eigenvalue weighted by Gasteiger charge is 2.51. The lowest BCUT2D eigenvalue weighted by Crippen LogP contribution is -2.25. The summed E-state index contributed by atoms with van der Waals surface area (Å²) in [4.78, 5) is 0. The molecule has 0 saturated carbocycles. The van der Waals surface area contributed by atoms with E-state index < -0.39 is 5.41 Å². The summed E-state index contributed by atoms with van der Waals surface area (Å²) in [5, 5.41) is 7.68. The smallest absolute Gasteiger partial charge is 0.0619 e. The Balaban J connectivity index is 0.961. The summed E-state index contributed by atoms with van der Waals surface area (Å²) in [5.74, 6) is 0. The Labute approximate surface area is 373 Å². The standard InChI is InChI=1S/C64H42/c1-63(2)56-29-15-25-44(61(56)62-43-17-4-3-16-39(43)35-37-57(62)63)40-30-32-41(33-31-40)59-49-21-5-7-23-51(49)60(52-24-8-6-22-50(52)59)42-34-36-48-47-20-11-14-28-55(47)64(58(48)38-42)53-26-12-9-18-45(53)46-19-10-13-27-54(46)64/h3-38H,1-2H3. The largest absolute Gasteiger partial charge is 0.0725 e. The van der Waals surface area contributed by atoms with E-state index in [-0.39, 0.29) is 5.41 Å². The first-order valence-electron chi connectivity index (χ1n) is 22.7. The number of benzene rings is 11. The van der Waals surface area contributed by atoms with Crippen molar-refractivity contribution in [1.29, 1.82) is 0 Å². The third kappa shape index (κ3) is 4.52. The third-order valence-corrected chi connectivity index (χ3v) is 15.3. The molecule has 0 bridgehead atoms. The quantitative estimate of drug-likeness (QED) is 0.156. The molecule has 11 aromatic carbocycles. The van der Waals surface area contributed by atoms with Crippen molar-refractivity contribution in [2.75, 3.05) is 0 Å². The average molecular weight is 811 g/mol. The van der Waals surface area contributed by atoms with E-state index in [1.54, 1.807) is 0 Å². The van der Waals surface area contributed by atoms with Crippen LogP contribution in [0.25, 0.3) is 99.1 Å². The first-order chi connectivity index (χ1) is 31.5. The van der Waals surface area contributed by atoms with Crippen molar-refractivity contribution in [3.63, 3.8) is 0 Å². The van der Waals surface area contributed by atoms with Crippen LogP contribution in [0.3, 0.4) is 0 Å².